The molecule has 0 bridgehead atoms. The number of hydrogen-bond donors (Lipinski definition) is 0. The molecule has 1 aliphatic heterocycles. The minimum absolute atomic E-state index is 0.0256. The molecule has 1 saturated heterocycles. The number of carbonyl (C=O) groups is 1. The Kier molecular flexibility index (Phi) is 8.18. The molecule has 0 spiro atoms. The molecule has 4 heteroatoms. The smallest absolute Gasteiger partial charge is 0.309 e. The largest absolute Gasteiger partial charge is 0.490 e. The predicted molar refractivity (Wildman–Crippen MR) is 139 cm³/mol. The van der Waals surface area contributed by atoms with E-state index in [1.54, 1.807) is 0 Å². The van der Waals surface area contributed by atoms with E-state index in [9.17, 15) is 4.79 Å². The third-order valence-corrected chi connectivity index (χ3v) is 8.54. The van der Waals surface area contributed by atoms with Crippen LogP contribution in [0.25, 0.3) is 10.8 Å². The van der Waals surface area contributed by atoms with Crippen LogP contribution in [0, 0.1) is 17.3 Å². The Morgan fingerprint density at radius 1 is 1.00 bits per heavy atom. The van der Waals surface area contributed by atoms with Crippen molar-refractivity contribution in [2.24, 2.45) is 17.3 Å². The summed E-state index contributed by atoms with van der Waals surface area (Å²) in [5.41, 5.74) is 1.79. The summed E-state index contributed by atoms with van der Waals surface area (Å²) in [7, 11) is 0. The number of nitrogens with zero attached hydrogens (tertiary/aromatic N) is 1. The first-order valence-corrected chi connectivity index (χ1v) is 13.5. The van der Waals surface area contributed by atoms with E-state index in [0.717, 1.165) is 57.0 Å². The van der Waals surface area contributed by atoms with E-state index in [1.807, 2.05) is 6.92 Å². The predicted octanol–water partition coefficient (Wildman–Crippen LogP) is 6.99. The van der Waals surface area contributed by atoms with Crippen LogP contribution < -0.4 is 4.74 Å². The van der Waals surface area contributed by atoms with Crippen LogP contribution in [0.2, 0.25) is 0 Å². The van der Waals surface area contributed by atoms with Crippen molar-refractivity contribution in [3.8, 4) is 5.75 Å². The van der Waals surface area contributed by atoms with Crippen LogP contribution in [0.5, 0.6) is 5.75 Å². The van der Waals surface area contributed by atoms with Crippen molar-refractivity contribution in [2.75, 3.05) is 19.7 Å². The molecular formula is C30H43NO3. The quantitative estimate of drug-likeness (QED) is 0.394. The lowest BCUT2D eigenvalue weighted by molar-refractivity contribution is -0.149. The number of hydrogen-bond acceptors (Lipinski definition) is 4. The molecule has 0 atom stereocenters. The number of fused-ring (bicyclic) bond motifs is 1. The average Bonchev–Trinajstić information content (AvgIpc) is 2.85. The van der Waals surface area contributed by atoms with Gasteiger partial charge in [-0.2, -0.15) is 0 Å². The van der Waals surface area contributed by atoms with Crippen LogP contribution >= 0.6 is 0 Å². The van der Waals surface area contributed by atoms with Gasteiger partial charge in [0.25, 0.3) is 0 Å². The number of carbonyl (C=O) groups excluding carboxylic acids is 1. The van der Waals surface area contributed by atoms with E-state index in [4.69, 9.17) is 9.47 Å². The van der Waals surface area contributed by atoms with Gasteiger partial charge in [-0.1, -0.05) is 51.5 Å². The zero-order valence-electron chi connectivity index (χ0n) is 21.6. The Bertz CT molecular complexity index is 953. The van der Waals surface area contributed by atoms with Gasteiger partial charge in [0.05, 0.1) is 18.6 Å². The molecule has 34 heavy (non-hydrogen) atoms. The molecule has 2 aromatic carbocycles. The summed E-state index contributed by atoms with van der Waals surface area (Å²) >= 11 is 0. The number of rotatable bonds is 8. The summed E-state index contributed by atoms with van der Waals surface area (Å²) in [5, 5.41) is 2.55. The minimum Gasteiger partial charge on any atom is -0.490 e. The van der Waals surface area contributed by atoms with Crippen molar-refractivity contribution in [1.29, 1.82) is 0 Å². The first kappa shape index (κ1) is 25.0. The van der Waals surface area contributed by atoms with E-state index < -0.39 is 0 Å². The Morgan fingerprint density at radius 2 is 1.74 bits per heavy atom. The van der Waals surface area contributed by atoms with Crippen LogP contribution in [0.1, 0.15) is 78.2 Å². The lowest BCUT2D eigenvalue weighted by Crippen LogP contribution is -2.36. The lowest BCUT2D eigenvalue weighted by atomic mass is 9.69. The minimum atomic E-state index is -0.0256. The molecule has 4 nitrogen and oxygen atoms in total. The van der Waals surface area contributed by atoms with Crippen LogP contribution in [0.15, 0.2) is 36.4 Å². The molecule has 1 heterocycles. The zero-order chi connectivity index (χ0) is 24.1. The zero-order valence-corrected chi connectivity index (χ0v) is 21.6. The fourth-order valence-electron chi connectivity index (χ4n) is 5.81. The summed E-state index contributed by atoms with van der Waals surface area (Å²) in [6.45, 7) is 12.3. The number of ether oxygens (including phenoxy) is 2. The van der Waals surface area contributed by atoms with E-state index in [-0.39, 0.29) is 11.9 Å². The van der Waals surface area contributed by atoms with Gasteiger partial charge in [0.1, 0.15) is 5.75 Å². The lowest BCUT2D eigenvalue weighted by Gasteiger charge is -2.38. The molecule has 1 aliphatic carbocycles. The molecule has 2 aliphatic rings. The summed E-state index contributed by atoms with van der Waals surface area (Å²) in [4.78, 5) is 14.5. The molecule has 0 N–H and O–H groups in total. The van der Waals surface area contributed by atoms with Crippen LogP contribution in [0.4, 0.5) is 0 Å². The van der Waals surface area contributed by atoms with Crippen LogP contribution in [0.3, 0.4) is 0 Å². The molecular weight excluding hydrogens is 422 g/mol. The van der Waals surface area contributed by atoms with Gasteiger partial charge in [-0.3, -0.25) is 9.69 Å². The first-order valence-electron chi connectivity index (χ1n) is 13.5. The number of esters is 1. The van der Waals surface area contributed by atoms with Gasteiger partial charge in [0.2, 0.25) is 0 Å². The maximum atomic E-state index is 12.0. The molecule has 4 rings (SSSR count). The molecule has 2 aromatic rings. The summed E-state index contributed by atoms with van der Waals surface area (Å²) in [6.07, 6.45) is 8.23. The fourth-order valence-corrected chi connectivity index (χ4v) is 5.81. The molecule has 0 amide bonds. The van der Waals surface area contributed by atoms with Gasteiger partial charge >= 0.3 is 5.97 Å². The highest BCUT2D eigenvalue weighted by atomic mass is 16.5. The highest BCUT2D eigenvalue weighted by Gasteiger charge is 2.32. The molecule has 0 radical (unpaired) electrons. The van der Waals surface area contributed by atoms with Gasteiger partial charge in [0, 0.05) is 6.54 Å². The third-order valence-electron chi connectivity index (χ3n) is 8.54. The maximum absolute atomic E-state index is 12.0. The van der Waals surface area contributed by atoms with Gasteiger partial charge < -0.3 is 9.47 Å². The Balaban J connectivity index is 1.35. The molecule has 0 unspecified atom stereocenters. The number of likely N-dealkylation sites (tertiary alicyclic amines) is 1. The summed E-state index contributed by atoms with van der Waals surface area (Å²) < 4.78 is 11.7. The standard InChI is InChI=1S/C30H43NO3/c1-5-30(3,4)25-10-12-26(13-11-25)34-27-14-15-28-23(20-27)8-7-9-24(28)21-31-18-16-22(17-19-31)29(32)33-6-2/h7-9,14-15,20,22,25-26H,5-6,10-13,16-19,21H2,1-4H3/t25-,26-. The van der Waals surface area contributed by atoms with Crippen LogP contribution in [-0.4, -0.2) is 36.7 Å². The van der Waals surface area contributed by atoms with Crippen molar-refractivity contribution in [2.45, 2.75) is 85.3 Å². The van der Waals surface area contributed by atoms with E-state index in [2.05, 4.69) is 62.1 Å². The SMILES string of the molecule is CCOC(=O)C1CCN(Cc2cccc3cc(O[C@H]4CC[C@H](C(C)(C)CC)CC4)ccc23)CC1. The fraction of sp³-hybridized carbons (Fsp3) is 0.633. The Hall–Kier alpha value is -2.07. The van der Waals surface area contributed by atoms with E-state index in [1.165, 1.54) is 35.6 Å². The molecule has 0 aromatic heterocycles. The number of piperidine rings is 1. The molecule has 186 valence electrons. The number of benzene rings is 2. The van der Waals surface area contributed by atoms with Gasteiger partial charge in [-0.05, 0) is 98.3 Å². The van der Waals surface area contributed by atoms with Crippen molar-refractivity contribution in [3.05, 3.63) is 42.0 Å². The first-order chi connectivity index (χ1) is 16.4. The highest BCUT2D eigenvalue weighted by molar-refractivity contribution is 5.87. The van der Waals surface area contributed by atoms with Gasteiger partial charge in [-0.15, -0.1) is 0 Å². The van der Waals surface area contributed by atoms with Crippen molar-refractivity contribution in [3.63, 3.8) is 0 Å². The molecule has 2 fully saturated rings. The Morgan fingerprint density at radius 3 is 2.41 bits per heavy atom. The maximum Gasteiger partial charge on any atom is 0.309 e. The summed E-state index contributed by atoms with van der Waals surface area (Å²) in [5.74, 6) is 1.85. The molecule has 1 saturated carbocycles. The topological polar surface area (TPSA) is 38.8 Å². The second-order valence-electron chi connectivity index (χ2n) is 11.0. The van der Waals surface area contributed by atoms with E-state index in [0.29, 0.717) is 18.1 Å². The van der Waals surface area contributed by atoms with Crippen molar-refractivity contribution >= 4 is 16.7 Å². The van der Waals surface area contributed by atoms with Crippen molar-refractivity contribution in [1.82, 2.24) is 4.90 Å². The van der Waals surface area contributed by atoms with E-state index >= 15 is 0 Å². The normalized spacial score (nSPS) is 22.6. The third kappa shape index (κ3) is 5.94. The highest BCUT2D eigenvalue weighted by Crippen LogP contribution is 2.41. The van der Waals surface area contributed by atoms with Crippen molar-refractivity contribution < 1.29 is 14.3 Å². The summed E-state index contributed by atoms with van der Waals surface area (Å²) in [6, 6.07) is 13.2. The van der Waals surface area contributed by atoms with Gasteiger partial charge in [-0.25, -0.2) is 0 Å². The second kappa shape index (κ2) is 11.1. The van der Waals surface area contributed by atoms with Crippen LogP contribution in [-0.2, 0) is 16.1 Å². The van der Waals surface area contributed by atoms with Gasteiger partial charge in [0.15, 0.2) is 0 Å². The Labute approximate surface area is 206 Å². The second-order valence-corrected chi connectivity index (χ2v) is 11.0. The monoisotopic (exact) mass is 465 g/mol. The average molecular weight is 466 g/mol.